The van der Waals surface area contributed by atoms with Gasteiger partial charge in [-0.1, -0.05) is 16.8 Å². The van der Waals surface area contributed by atoms with Crippen LogP contribution in [0.25, 0.3) is 11.4 Å². The molecular formula is C15H18ClN3O2. The summed E-state index contributed by atoms with van der Waals surface area (Å²) < 4.78 is 10.7. The summed E-state index contributed by atoms with van der Waals surface area (Å²) in [6, 6.07) is 5.39. The maximum absolute atomic E-state index is 5.97. The molecule has 1 saturated heterocycles. The molecule has 0 radical (unpaired) electrons. The first kappa shape index (κ1) is 14.4. The lowest BCUT2D eigenvalue weighted by Crippen LogP contribution is -2.30. The van der Waals surface area contributed by atoms with Gasteiger partial charge in [-0.2, -0.15) is 4.98 Å². The number of aromatic nitrogens is 2. The second-order valence-electron chi connectivity index (χ2n) is 5.27. The average Bonchev–Trinajstić information content (AvgIpc) is 2.96. The minimum absolute atomic E-state index is 0.544. The zero-order valence-electron chi connectivity index (χ0n) is 11.9. The van der Waals surface area contributed by atoms with E-state index in [1.165, 1.54) is 12.8 Å². The van der Waals surface area contributed by atoms with Crippen LogP contribution in [0.3, 0.4) is 0 Å². The van der Waals surface area contributed by atoms with Crippen LogP contribution in [0.4, 0.5) is 0 Å². The zero-order chi connectivity index (χ0) is 14.7. The fourth-order valence-electron chi connectivity index (χ4n) is 2.64. The molecule has 1 aromatic heterocycles. The van der Waals surface area contributed by atoms with Gasteiger partial charge in [0.15, 0.2) is 0 Å². The first-order valence-corrected chi connectivity index (χ1v) is 7.51. The second kappa shape index (κ2) is 6.45. The quantitative estimate of drug-likeness (QED) is 0.941. The highest BCUT2D eigenvalue weighted by Gasteiger charge is 2.19. The van der Waals surface area contributed by atoms with Crippen molar-refractivity contribution in [1.82, 2.24) is 15.5 Å². The highest BCUT2D eigenvalue weighted by molar-refractivity contribution is 6.30. The van der Waals surface area contributed by atoms with Gasteiger partial charge in [-0.25, -0.2) is 0 Å². The predicted molar refractivity (Wildman–Crippen MR) is 80.6 cm³/mol. The summed E-state index contributed by atoms with van der Waals surface area (Å²) in [5.41, 5.74) is 0.790. The molecule has 0 saturated carbocycles. The molecule has 0 amide bonds. The normalized spacial score (nSPS) is 18.7. The van der Waals surface area contributed by atoms with Gasteiger partial charge in [0, 0.05) is 11.4 Å². The number of ether oxygens (including phenoxy) is 1. The predicted octanol–water partition coefficient (Wildman–Crippen LogP) is 2.94. The fourth-order valence-corrected chi connectivity index (χ4v) is 2.80. The summed E-state index contributed by atoms with van der Waals surface area (Å²) in [6.07, 6.45) is 3.22. The number of hydrogen-bond donors (Lipinski definition) is 1. The molecule has 3 rings (SSSR count). The lowest BCUT2D eigenvalue weighted by Gasteiger charge is -2.20. The lowest BCUT2D eigenvalue weighted by atomic mass is 9.96. The third-order valence-corrected chi connectivity index (χ3v) is 3.97. The number of rotatable bonds is 4. The van der Waals surface area contributed by atoms with Crippen LogP contribution in [0.1, 0.15) is 18.7 Å². The zero-order valence-corrected chi connectivity index (χ0v) is 12.7. The first-order valence-electron chi connectivity index (χ1n) is 7.13. The van der Waals surface area contributed by atoms with E-state index in [1.807, 2.05) is 6.07 Å². The van der Waals surface area contributed by atoms with Crippen molar-refractivity contribution in [3.05, 3.63) is 29.1 Å². The summed E-state index contributed by atoms with van der Waals surface area (Å²) in [6.45, 7) is 2.12. The van der Waals surface area contributed by atoms with E-state index in [9.17, 15) is 0 Å². The van der Waals surface area contributed by atoms with E-state index < -0.39 is 0 Å². The summed E-state index contributed by atoms with van der Waals surface area (Å²) in [5.74, 6) is 2.44. The smallest absolute Gasteiger partial charge is 0.227 e. The van der Waals surface area contributed by atoms with Crippen molar-refractivity contribution in [1.29, 1.82) is 0 Å². The van der Waals surface area contributed by atoms with Crippen LogP contribution in [0.5, 0.6) is 5.75 Å². The van der Waals surface area contributed by atoms with Crippen LogP contribution in [-0.4, -0.2) is 30.3 Å². The van der Waals surface area contributed by atoms with Crippen LogP contribution >= 0.6 is 11.6 Å². The summed E-state index contributed by atoms with van der Waals surface area (Å²) in [7, 11) is 1.60. The number of hydrogen-bond acceptors (Lipinski definition) is 5. The van der Waals surface area contributed by atoms with E-state index in [4.69, 9.17) is 20.9 Å². The topological polar surface area (TPSA) is 60.2 Å². The van der Waals surface area contributed by atoms with Gasteiger partial charge in [0.25, 0.3) is 0 Å². The monoisotopic (exact) mass is 307 g/mol. The Morgan fingerprint density at radius 2 is 2.38 bits per heavy atom. The molecule has 1 unspecified atom stereocenters. The van der Waals surface area contributed by atoms with Crippen molar-refractivity contribution in [2.75, 3.05) is 20.2 Å². The van der Waals surface area contributed by atoms with Crippen molar-refractivity contribution in [2.45, 2.75) is 19.3 Å². The van der Waals surface area contributed by atoms with Crippen LogP contribution in [0.15, 0.2) is 22.7 Å². The highest BCUT2D eigenvalue weighted by atomic mass is 35.5. The molecule has 2 aromatic rings. The maximum Gasteiger partial charge on any atom is 0.227 e. The SMILES string of the molecule is COc1cc(Cl)ccc1-c1noc(CC2CCCNC2)n1. The molecule has 1 fully saturated rings. The van der Waals surface area contributed by atoms with Crippen molar-refractivity contribution in [3.63, 3.8) is 0 Å². The standard InChI is InChI=1S/C15H18ClN3O2/c1-20-13-8-11(16)4-5-12(13)15-18-14(21-19-15)7-10-3-2-6-17-9-10/h4-5,8,10,17H,2-3,6-7,9H2,1H3. The Hall–Kier alpha value is -1.59. The summed E-state index contributed by atoms with van der Waals surface area (Å²) in [5, 5.41) is 8.07. The molecule has 2 heterocycles. The molecule has 1 atom stereocenters. The minimum atomic E-state index is 0.544. The third kappa shape index (κ3) is 3.36. The van der Waals surface area contributed by atoms with Crippen molar-refractivity contribution < 1.29 is 9.26 Å². The molecule has 112 valence electrons. The Bertz CT molecular complexity index is 609. The Balaban J connectivity index is 1.78. The van der Waals surface area contributed by atoms with Gasteiger partial charge in [-0.15, -0.1) is 0 Å². The van der Waals surface area contributed by atoms with Crippen molar-refractivity contribution in [2.24, 2.45) is 5.92 Å². The van der Waals surface area contributed by atoms with Crippen LogP contribution in [0.2, 0.25) is 5.02 Å². The summed E-state index contributed by atoms with van der Waals surface area (Å²) >= 11 is 5.97. The molecule has 1 aromatic carbocycles. The van der Waals surface area contributed by atoms with Crippen LogP contribution < -0.4 is 10.1 Å². The molecule has 21 heavy (non-hydrogen) atoms. The molecule has 5 nitrogen and oxygen atoms in total. The molecule has 1 aliphatic rings. The number of benzene rings is 1. The van der Waals surface area contributed by atoms with Gasteiger partial charge in [0.05, 0.1) is 12.7 Å². The Morgan fingerprint density at radius 1 is 1.48 bits per heavy atom. The van der Waals surface area contributed by atoms with E-state index in [2.05, 4.69) is 15.5 Å². The van der Waals surface area contributed by atoms with Gasteiger partial charge >= 0.3 is 0 Å². The fraction of sp³-hybridized carbons (Fsp3) is 0.467. The average molecular weight is 308 g/mol. The molecule has 0 aliphatic carbocycles. The highest BCUT2D eigenvalue weighted by Crippen LogP contribution is 2.30. The number of piperidine rings is 1. The molecular weight excluding hydrogens is 290 g/mol. The minimum Gasteiger partial charge on any atom is -0.496 e. The van der Waals surface area contributed by atoms with E-state index in [1.54, 1.807) is 19.2 Å². The maximum atomic E-state index is 5.97. The number of halogens is 1. The van der Waals surface area contributed by atoms with E-state index in [-0.39, 0.29) is 0 Å². The van der Waals surface area contributed by atoms with E-state index >= 15 is 0 Å². The Labute approximate surface area is 128 Å². The van der Waals surface area contributed by atoms with Crippen LogP contribution in [-0.2, 0) is 6.42 Å². The molecule has 1 aliphatic heterocycles. The van der Waals surface area contributed by atoms with Crippen molar-refractivity contribution in [3.8, 4) is 17.1 Å². The van der Waals surface area contributed by atoms with Gasteiger partial charge in [-0.3, -0.25) is 0 Å². The lowest BCUT2D eigenvalue weighted by molar-refractivity contribution is 0.316. The third-order valence-electron chi connectivity index (χ3n) is 3.73. The molecule has 0 spiro atoms. The van der Waals surface area contributed by atoms with Gasteiger partial charge in [0.1, 0.15) is 5.75 Å². The van der Waals surface area contributed by atoms with Gasteiger partial charge < -0.3 is 14.6 Å². The van der Waals surface area contributed by atoms with Crippen molar-refractivity contribution >= 4 is 11.6 Å². The number of methoxy groups -OCH3 is 1. The number of nitrogens with zero attached hydrogens (tertiary/aromatic N) is 2. The number of nitrogens with one attached hydrogen (secondary N) is 1. The largest absolute Gasteiger partial charge is 0.496 e. The molecule has 1 N–H and O–H groups in total. The molecule has 6 heteroatoms. The Morgan fingerprint density at radius 3 is 3.14 bits per heavy atom. The Kier molecular flexibility index (Phi) is 4.41. The second-order valence-corrected chi connectivity index (χ2v) is 5.71. The van der Waals surface area contributed by atoms with E-state index in [0.717, 1.165) is 25.1 Å². The summed E-state index contributed by atoms with van der Waals surface area (Å²) in [4.78, 5) is 4.48. The van der Waals surface area contributed by atoms with E-state index in [0.29, 0.717) is 28.4 Å². The molecule has 0 bridgehead atoms. The first-order chi connectivity index (χ1) is 10.3. The van der Waals surface area contributed by atoms with Crippen LogP contribution in [0, 0.1) is 5.92 Å². The van der Waals surface area contributed by atoms with Gasteiger partial charge in [0.2, 0.25) is 11.7 Å². The van der Waals surface area contributed by atoms with Gasteiger partial charge in [-0.05, 0) is 50.0 Å².